The highest BCUT2D eigenvalue weighted by Crippen LogP contribution is 2.25. The van der Waals surface area contributed by atoms with Crippen LogP contribution in [-0.4, -0.2) is 49.2 Å². The molecule has 1 heterocycles. The number of rotatable bonds is 8. The van der Waals surface area contributed by atoms with E-state index in [4.69, 9.17) is 9.84 Å². The summed E-state index contributed by atoms with van der Waals surface area (Å²) < 4.78 is 20.2. The third kappa shape index (κ3) is 5.16. The summed E-state index contributed by atoms with van der Waals surface area (Å²) in [5, 5.41) is 12.3. The maximum atomic E-state index is 14.8. The number of nitrogens with zero attached hydrogens (tertiary/aromatic N) is 1. The molecule has 1 radical (unpaired) electrons. The van der Waals surface area contributed by atoms with Crippen LogP contribution in [-0.2, 0) is 17.7 Å². The highest BCUT2D eigenvalue weighted by Gasteiger charge is 2.19. The van der Waals surface area contributed by atoms with E-state index in [0.717, 1.165) is 29.9 Å². The van der Waals surface area contributed by atoms with Gasteiger partial charge in [-0.1, -0.05) is 12.1 Å². The van der Waals surface area contributed by atoms with Gasteiger partial charge >= 0.3 is 0 Å². The number of halogens is 1. The van der Waals surface area contributed by atoms with E-state index in [1.54, 1.807) is 19.1 Å². The van der Waals surface area contributed by atoms with Crippen molar-refractivity contribution < 1.29 is 19.0 Å². The molecule has 1 aliphatic rings. The fourth-order valence-corrected chi connectivity index (χ4v) is 3.39. The lowest BCUT2D eigenvalue weighted by Crippen LogP contribution is -2.35. The number of nitrogens with one attached hydrogen (secondary N) is 1. The Morgan fingerprint density at radius 3 is 2.75 bits per heavy atom. The van der Waals surface area contributed by atoms with Crippen LogP contribution >= 0.6 is 0 Å². The van der Waals surface area contributed by atoms with Gasteiger partial charge in [-0.05, 0) is 48.7 Å². The van der Waals surface area contributed by atoms with Gasteiger partial charge in [0.1, 0.15) is 5.82 Å². The second-order valence-electron chi connectivity index (χ2n) is 6.98. The number of morpholine rings is 1. The molecule has 2 aromatic carbocycles. The topological polar surface area (TPSA) is 61.8 Å². The molecule has 6 heteroatoms. The Bertz CT molecular complexity index is 806. The molecule has 2 N–H and O–H groups in total. The average molecular weight is 385 g/mol. The molecule has 0 saturated carbocycles. The fourth-order valence-electron chi connectivity index (χ4n) is 3.39. The number of hydrogen-bond donors (Lipinski definition) is 2. The van der Waals surface area contributed by atoms with Crippen LogP contribution in [0, 0.1) is 11.9 Å². The molecular weight excluding hydrogens is 359 g/mol. The summed E-state index contributed by atoms with van der Waals surface area (Å²) in [6, 6.07) is 11.7. The minimum atomic E-state index is -0.516. The Balaban J connectivity index is 1.81. The largest absolute Gasteiger partial charge is 0.396 e. The molecule has 2 aromatic rings. The molecule has 0 amide bonds. The number of carbonyl (C=O) groups excluding carboxylic acids is 1. The van der Waals surface area contributed by atoms with Gasteiger partial charge in [-0.3, -0.25) is 9.69 Å². The number of aliphatic hydroxyl groups is 1. The van der Waals surface area contributed by atoms with Crippen LogP contribution in [0.1, 0.15) is 34.0 Å². The number of aldehydes is 1. The normalized spacial score (nSPS) is 15.0. The van der Waals surface area contributed by atoms with Crippen molar-refractivity contribution in [3.05, 3.63) is 70.5 Å². The van der Waals surface area contributed by atoms with E-state index >= 15 is 0 Å². The molecule has 0 spiro atoms. The third-order valence-electron chi connectivity index (χ3n) is 4.86. The zero-order chi connectivity index (χ0) is 19.9. The van der Waals surface area contributed by atoms with E-state index in [-0.39, 0.29) is 12.2 Å². The summed E-state index contributed by atoms with van der Waals surface area (Å²) in [6.45, 7) is 5.54. The van der Waals surface area contributed by atoms with E-state index in [9.17, 15) is 9.18 Å². The minimum Gasteiger partial charge on any atom is -0.396 e. The average Bonchev–Trinajstić information content (AvgIpc) is 2.70. The number of hydrogen-bond acceptors (Lipinski definition) is 5. The van der Waals surface area contributed by atoms with Gasteiger partial charge in [0.05, 0.1) is 24.8 Å². The summed E-state index contributed by atoms with van der Waals surface area (Å²) in [6.07, 6.45) is 1.13. The van der Waals surface area contributed by atoms with Crippen LogP contribution in [0.5, 0.6) is 0 Å². The van der Waals surface area contributed by atoms with Gasteiger partial charge in [0.25, 0.3) is 0 Å². The van der Waals surface area contributed by atoms with Crippen molar-refractivity contribution in [3.63, 3.8) is 0 Å². The number of carbonyl (C=O) groups is 1. The molecule has 0 aliphatic carbocycles. The summed E-state index contributed by atoms with van der Waals surface area (Å²) in [5.74, 6) is -0.516. The van der Waals surface area contributed by atoms with Crippen molar-refractivity contribution in [2.24, 2.45) is 0 Å². The van der Waals surface area contributed by atoms with Gasteiger partial charge in [0.15, 0.2) is 6.29 Å². The van der Waals surface area contributed by atoms with E-state index in [1.165, 1.54) is 0 Å². The zero-order valence-electron chi connectivity index (χ0n) is 16.1. The predicted molar refractivity (Wildman–Crippen MR) is 107 cm³/mol. The van der Waals surface area contributed by atoms with Crippen LogP contribution in [0.2, 0.25) is 0 Å². The molecule has 1 saturated heterocycles. The van der Waals surface area contributed by atoms with Gasteiger partial charge in [0, 0.05) is 37.5 Å². The third-order valence-corrected chi connectivity index (χ3v) is 4.86. The number of aliphatic hydroxyl groups excluding tert-OH is 1. The zero-order valence-corrected chi connectivity index (χ0v) is 16.1. The molecule has 0 aromatic heterocycles. The van der Waals surface area contributed by atoms with Gasteiger partial charge in [0.2, 0.25) is 0 Å². The summed E-state index contributed by atoms with van der Waals surface area (Å²) in [7, 11) is 0. The number of ether oxygens (including phenoxy) is 1. The van der Waals surface area contributed by atoms with Crippen LogP contribution in [0.4, 0.5) is 10.1 Å². The van der Waals surface area contributed by atoms with Crippen LogP contribution in [0.3, 0.4) is 0 Å². The van der Waals surface area contributed by atoms with Crippen LogP contribution < -0.4 is 5.32 Å². The van der Waals surface area contributed by atoms with Gasteiger partial charge in [-0.25, -0.2) is 4.39 Å². The van der Waals surface area contributed by atoms with Gasteiger partial charge < -0.3 is 15.2 Å². The minimum absolute atomic E-state index is 0.0657. The predicted octanol–water partition coefficient (Wildman–Crippen LogP) is 3.02. The van der Waals surface area contributed by atoms with Gasteiger partial charge in [-0.15, -0.1) is 0 Å². The van der Waals surface area contributed by atoms with Crippen molar-refractivity contribution in [3.8, 4) is 0 Å². The Hall–Kier alpha value is -2.28. The summed E-state index contributed by atoms with van der Waals surface area (Å²) in [5.41, 5.74) is 3.16. The Morgan fingerprint density at radius 2 is 2.04 bits per heavy atom. The highest BCUT2D eigenvalue weighted by atomic mass is 19.1. The highest BCUT2D eigenvalue weighted by molar-refractivity contribution is 5.76. The SMILES string of the molecule is C[C](Nc1cccc(CCO)c1)c1cc(CN2CCOCC2)cc(C=O)c1F. The van der Waals surface area contributed by atoms with E-state index < -0.39 is 5.82 Å². The van der Waals surface area contributed by atoms with Crippen LogP contribution in [0.25, 0.3) is 0 Å². The molecular formula is C22H26FN2O3. The Morgan fingerprint density at radius 1 is 1.25 bits per heavy atom. The standard InChI is InChI=1S/C22H26FN2O3/c1-16(24-20-4-2-3-17(12-20)5-8-26)21-13-18(11-19(15-27)22(21)23)14-25-6-9-28-10-7-25/h2-4,11-13,15,24,26H,5-10,14H2,1H3. The second-order valence-corrected chi connectivity index (χ2v) is 6.98. The Kier molecular flexibility index (Phi) is 7.14. The van der Waals surface area contributed by atoms with Crippen molar-refractivity contribution in [1.29, 1.82) is 0 Å². The summed E-state index contributed by atoms with van der Waals surface area (Å²) in [4.78, 5) is 13.6. The molecule has 1 aliphatic heterocycles. The molecule has 3 rings (SSSR count). The van der Waals surface area contributed by atoms with Crippen molar-refractivity contribution in [2.45, 2.75) is 19.9 Å². The fraction of sp³-hybridized carbons (Fsp3) is 0.364. The Labute approximate surface area is 165 Å². The van der Waals surface area contributed by atoms with E-state index in [0.29, 0.717) is 44.1 Å². The first kappa shape index (κ1) is 20.5. The van der Waals surface area contributed by atoms with Gasteiger partial charge in [-0.2, -0.15) is 0 Å². The monoisotopic (exact) mass is 385 g/mol. The number of anilines is 1. The number of benzene rings is 2. The molecule has 5 nitrogen and oxygen atoms in total. The van der Waals surface area contributed by atoms with Crippen molar-refractivity contribution in [2.75, 3.05) is 38.2 Å². The molecule has 0 bridgehead atoms. The van der Waals surface area contributed by atoms with Crippen molar-refractivity contribution in [1.82, 2.24) is 4.90 Å². The molecule has 0 atom stereocenters. The van der Waals surface area contributed by atoms with Crippen LogP contribution in [0.15, 0.2) is 36.4 Å². The quantitative estimate of drug-likeness (QED) is 0.684. The first-order valence-electron chi connectivity index (χ1n) is 9.49. The van der Waals surface area contributed by atoms with E-state index in [1.807, 2.05) is 24.3 Å². The molecule has 149 valence electrons. The molecule has 0 unspecified atom stereocenters. The lowest BCUT2D eigenvalue weighted by Gasteiger charge is -2.27. The lowest BCUT2D eigenvalue weighted by molar-refractivity contribution is 0.0341. The molecule has 1 fully saturated rings. The maximum absolute atomic E-state index is 14.8. The smallest absolute Gasteiger partial charge is 0.153 e. The van der Waals surface area contributed by atoms with E-state index in [2.05, 4.69) is 10.2 Å². The first-order chi connectivity index (χ1) is 13.6. The lowest BCUT2D eigenvalue weighted by atomic mass is 9.99. The first-order valence-corrected chi connectivity index (χ1v) is 9.49. The van der Waals surface area contributed by atoms with Crippen molar-refractivity contribution >= 4 is 12.0 Å². The summed E-state index contributed by atoms with van der Waals surface area (Å²) >= 11 is 0. The molecule has 28 heavy (non-hydrogen) atoms. The maximum Gasteiger partial charge on any atom is 0.153 e. The second kappa shape index (κ2) is 9.78.